The summed E-state index contributed by atoms with van der Waals surface area (Å²) in [5.74, 6) is 0.944. The second-order valence-corrected chi connectivity index (χ2v) is 12.3. The summed E-state index contributed by atoms with van der Waals surface area (Å²) in [6, 6.07) is 61.7. The SMILES string of the molecule is c1ccc(-c2ccc(-c3nc4ccccc4n3-c3cccc4c3-c3ccccc3C43c4ccccc4-c4ccccc43)cc2)cc1. The van der Waals surface area contributed by atoms with Gasteiger partial charge in [-0.1, -0.05) is 152 Å². The Morgan fingerprint density at radius 2 is 0.913 bits per heavy atom. The van der Waals surface area contributed by atoms with Crippen molar-refractivity contribution in [2.24, 2.45) is 0 Å². The van der Waals surface area contributed by atoms with E-state index in [1.165, 1.54) is 55.6 Å². The summed E-state index contributed by atoms with van der Waals surface area (Å²) in [6.45, 7) is 0. The van der Waals surface area contributed by atoms with Crippen LogP contribution in [0.15, 0.2) is 170 Å². The molecule has 0 amide bonds. The third-order valence-electron chi connectivity index (χ3n) is 10.1. The normalized spacial score (nSPS) is 13.4. The lowest BCUT2D eigenvalue weighted by Crippen LogP contribution is -2.25. The minimum absolute atomic E-state index is 0.386. The van der Waals surface area contributed by atoms with Crippen LogP contribution in [0.25, 0.3) is 61.5 Å². The monoisotopic (exact) mass is 584 g/mol. The highest BCUT2D eigenvalue weighted by molar-refractivity contribution is 5.98. The van der Waals surface area contributed by atoms with Gasteiger partial charge in [-0.15, -0.1) is 0 Å². The Hall–Kier alpha value is -5.99. The van der Waals surface area contributed by atoms with Crippen molar-refractivity contribution >= 4 is 11.0 Å². The lowest BCUT2D eigenvalue weighted by atomic mass is 9.70. The zero-order valence-corrected chi connectivity index (χ0v) is 25.1. The van der Waals surface area contributed by atoms with E-state index in [9.17, 15) is 0 Å². The number of benzene rings is 7. The average molecular weight is 585 g/mol. The number of hydrogen-bond donors (Lipinski definition) is 0. The molecule has 0 bridgehead atoms. The molecule has 2 aliphatic carbocycles. The lowest BCUT2D eigenvalue weighted by Gasteiger charge is -2.30. The van der Waals surface area contributed by atoms with E-state index in [4.69, 9.17) is 4.98 Å². The fourth-order valence-electron chi connectivity index (χ4n) is 8.22. The predicted molar refractivity (Wildman–Crippen MR) is 188 cm³/mol. The number of para-hydroxylation sites is 2. The van der Waals surface area contributed by atoms with E-state index < -0.39 is 0 Å². The Kier molecular flexibility index (Phi) is 5.24. The van der Waals surface area contributed by atoms with E-state index in [1.807, 2.05) is 0 Å². The third-order valence-corrected chi connectivity index (χ3v) is 10.1. The topological polar surface area (TPSA) is 17.8 Å². The molecule has 2 nitrogen and oxygen atoms in total. The molecule has 10 rings (SSSR count). The first-order valence-corrected chi connectivity index (χ1v) is 15.9. The van der Waals surface area contributed by atoms with Crippen molar-refractivity contribution in [1.82, 2.24) is 9.55 Å². The molecule has 0 atom stereocenters. The van der Waals surface area contributed by atoms with Gasteiger partial charge in [0.15, 0.2) is 0 Å². The van der Waals surface area contributed by atoms with Crippen LogP contribution in [-0.4, -0.2) is 9.55 Å². The molecule has 2 aliphatic rings. The third kappa shape index (κ3) is 3.28. The molecule has 0 fully saturated rings. The molecule has 0 N–H and O–H groups in total. The maximum atomic E-state index is 5.27. The van der Waals surface area contributed by atoms with Gasteiger partial charge in [0, 0.05) is 11.1 Å². The van der Waals surface area contributed by atoms with Crippen LogP contribution in [0.3, 0.4) is 0 Å². The molecule has 1 spiro atoms. The first-order valence-electron chi connectivity index (χ1n) is 15.9. The summed E-state index contributed by atoms with van der Waals surface area (Å²) in [6.07, 6.45) is 0. The van der Waals surface area contributed by atoms with Gasteiger partial charge in [0.05, 0.1) is 22.1 Å². The van der Waals surface area contributed by atoms with Crippen LogP contribution in [0.5, 0.6) is 0 Å². The van der Waals surface area contributed by atoms with Gasteiger partial charge in [0.2, 0.25) is 0 Å². The molecule has 0 aliphatic heterocycles. The van der Waals surface area contributed by atoms with Crippen LogP contribution in [0, 0.1) is 0 Å². The fourth-order valence-corrected chi connectivity index (χ4v) is 8.22. The highest BCUT2D eigenvalue weighted by Gasteiger charge is 2.52. The van der Waals surface area contributed by atoms with Gasteiger partial charge in [-0.25, -0.2) is 4.98 Å². The molecular weight excluding hydrogens is 556 g/mol. The van der Waals surface area contributed by atoms with Gasteiger partial charge in [0.1, 0.15) is 5.82 Å². The van der Waals surface area contributed by atoms with E-state index in [2.05, 4.69) is 174 Å². The first-order chi connectivity index (χ1) is 22.8. The molecule has 0 saturated carbocycles. The second-order valence-electron chi connectivity index (χ2n) is 12.3. The number of rotatable bonds is 3. The summed E-state index contributed by atoms with van der Waals surface area (Å²) in [5, 5.41) is 0. The second kappa shape index (κ2) is 9.50. The summed E-state index contributed by atoms with van der Waals surface area (Å²) < 4.78 is 2.38. The molecule has 0 saturated heterocycles. The Morgan fingerprint density at radius 3 is 1.63 bits per heavy atom. The van der Waals surface area contributed by atoms with Crippen LogP contribution in [0.2, 0.25) is 0 Å². The Labute approximate surface area is 267 Å². The predicted octanol–water partition coefficient (Wildman–Crippen LogP) is 10.7. The van der Waals surface area contributed by atoms with Gasteiger partial charge in [-0.05, 0) is 68.3 Å². The number of hydrogen-bond acceptors (Lipinski definition) is 1. The highest BCUT2D eigenvalue weighted by Crippen LogP contribution is 2.63. The Morgan fingerprint density at radius 1 is 0.391 bits per heavy atom. The number of aromatic nitrogens is 2. The maximum absolute atomic E-state index is 5.27. The van der Waals surface area contributed by atoms with Gasteiger partial charge >= 0.3 is 0 Å². The van der Waals surface area contributed by atoms with Crippen molar-refractivity contribution in [1.29, 1.82) is 0 Å². The number of fused-ring (bicyclic) bond motifs is 11. The van der Waals surface area contributed by atoms with Gasteiger partial charge < -0.3 is 0 Å². The van der Waals surface area contributed by atoms with Crippen molar-refractivity contribution in [3.63, 3.8) is 0 Å². The molecule has 0 unspecified atom stereocenters. The highest BCUT2D eigenvalue weighted by atomic mass is 15.1. The largest absolute Gasteiger partial charge is 0.292 e. The van der Waals surface area contributed by atoms with Crippen LogP contribution >= 0.6 is 0 Å². The zero-order chi connectivity index (χ0) is 30.2. The molecule has 8 aromatic rings. The molecule has 0 radical (unpaired) electrons. The summed E-state index contributed by atoms with van der Waals surface area (Å²) in [4.78, 5) is 5.27. The first kappa shape index (κ1) is 25.3. The van der Waals surface area contributed by atoms with E-state index >= 15 is 0 Å². The minimum Gasteiger partial charge on any atom is -0.292 e. The molecule has 214 valence electrons. The van der Waals surface area contributed by atoms with E-state index in [1.54, 1.807) is 0 Å². The van der Waals surface area contributed by atoms with Crippen molar-refractivity contribution in [3.8, 4) is 50.5 Å². The quantitative estimate of drug-likeness (QED) is 0.202. The van der Waals surface area contributed by atoms with Crippen LogP contribution in [-0.2, 0) is 5.41 Å². The summed E-state index contributed by atoms with van der Waals surface area (Å²) >= 11 is 0. The number of nitrogens with zero attached hydrogens (tertiary/aromatic N) is 2. The van der Waals surface area contributed by atoms with Crippen LogP contribution < -0.4 is 0 Å². The fraction of sp³-hybridized carbons (Fsp3) is 0.0227. The van der Waals surface area contributed by atoms with Crippen LogP contribution in [0.1, 0.15) is 22.3 Å². The zero-order valence-electron chi connectivity index (χ0n) is 25.1. The van der Waals surface area contributed by atoms with E-state index in [0.29, 0.717) is 0 Å². The molecular formula is C44H28N2. The maximum Gasteiger partial charge on any atom is 0.145 e. The molecule has 46 heavy (non-hydrogen) atoms. The minimum atomic E-state index is -0.386. The van der Waals surface area contributed by atoms with Gasteiger partial charge in [0.25, 0.3) is 0 Å². The summed E-state index contributed by atoms with van der Waals surface area (Å²) in [5.41, 5.74) is 16.9. The Bertz CT molecular complexity index is 2420. The molecule has 7 aromatic carbocycles. The van der Waals surface area contributed by atoms with Crippen molar-refractivity contribution in [2.75, 3.05) is 0 Å². The summed E-state index contributed by atoms with van der Waals surface area (Å²) in [7, 11) is 0. The average Bonchev–Trinajstić information content (AvgIpc) is 3.77. The lowest BCUT2D eigenvalue weighted by molar-refractivity contribution is 0.793. The van der Waals surface area contributed by atoms with Gasteiger partial charge in [-0.3, -0.25) is 4.57 Å². The number of imidazole rings is 1. The molecule has 1 heterocycles. The van der Waals surface area contributed by atoms with E-state index in [-0.39, 0.29) is 5.41 Å². The smallest absolute Gasteiger partial charge is 0.145 e. The van der Waals surface area contributed by atoms with Gasteiger partial charge in [-0.2, -0.15) is 0 Å². The standard InChI is InChI=1S/C44H28N2/c1-2-13-29(14-3-1)30-25-27-31(28-26-30)43-45-39-22-10-11-23-40(39)46(43)41-24-12-21-38-42(41)34-17-6-9-20-37(34)44(38)35-18-7-4-15-32(35)33-16-5-8-19-36(33)44/h1-28H. The Balaban J connectivity index is 1.27. The van der Waals surface area contributed by atoms with Crippen molar-refractivity contribution in [2.45, 2.75) is 5.41 Å². The molecule has 2 heteroatoms. The molecule has 1 aromatic heterocycles. The van der Waals surface area contributed by atoms with Crippen LogP contribution in [0.4, 0.5) is 0 Å². The van der Waals surface area contributed by atoms with Crippen molar-refractivity contribution < 1.29 is 0 Å². The van der Waals surface area contributed by atoms with Crippen molar-refractivity contribution in [3.05, 3.63) is 192 Å². The van der Waals surface area contributed by atoms with E-state index in [0.717, 1.165) is 28.1 Å².